The van der Waals surface area contributed by atoms with Crippen molar-refractivity contribution < 1.29 is 4.79 Å². The summed E-state index contributed by atoms with van der Waals surface area (Å²) in [6.45, 7) is 3.10. The van der Waals surface area contributed by atoms with Crippen LogP contribution >= 0.6 is 0 Å². The summed E-state index contributed by atoms with van der Waals surface area (Å²) in [5.74, 6) is 0.693. The SMILES string of the molecule is O=C(NCC1CC1)c1ccc(-c2cc(-c3ccc(N4CCCCC4)cc3)n[nH]2)cc1. The van der Waals surface area contributed by atoms with Crippen LogP contribution in [0.2, 0.25) is 0 Å². The zero-order chi connectivity index (χ0) is 20.3. The molecule has 3 aromatic rings. The molecule has 154 valence electrons. The van der Waals surface area contributed by atoms with Crippen molar-refractivity contribution in [3.8, 4) is 22.5 Å². The summed E-state index contributed by atoms with van der Waals surface area (Å²) in [7, 11) is 0. The molecule has 2 N–H and O–H groups in total. The first kappa shape index (κ1) is 18.9. The van der Waals surface area contributed by atoms with Crippen molar-refractivity contribution in [2.75, 3.05) is 24.5 Å². The largest absolute Gasteiger partial charge is 0.372 e. The van der Waals surface area contributed by atoms with Gasteiger partial charge in [0.25, 0.3) is 5.91 Å². The summed E-state index contributed by atoms with van der Waals surface area (Å²) in [6, 6.07) is 18.5. The van der Waals surface area contributed by atoms with Crippen molar-refractivity contribution in [2.24, 2.45) is 5.92 Å². The van der Waals surface area contributed by atoms with E-state index in [9.17, 15) is 4.79 Å². The van der Waals surface area contributed by atoms with Crippen molar-refractivity contribution in [3.05, 3.63) is 60.2 Å². The summed E-state index contributed by atoms with van der Waals surface area (Å²) >= 11 is 0. The van der Waals surface area contributed by atoms with Crippen molar-refractivity contribution in [1.82, 2.24) is 15.5 Å². The molecule has 2 heterocycles. The zero-order valence-electron chi connectivity index (χ0n) is 17.2. The van der Waals surface area contributed by atoms with Gasteiger partial charge >= 0.3 is 0 Å². The molecule has 0 radical (unpaired) electrons. The highest BCUT2D eigenvalue weighted by Crippen LogP contribution is 2.28. The minimum atomic E-state index is 0.00699. The molecule has 1 aromatic heterocycles. The number of anilines is 1. The standard InChI is InChI=1S/C25H28N4O/c30-25(26-17-18-4-5-18)21-8-6-19(7-9-21)23-16-24(28-27-23)20-10-12-22(13-11-20)29-14-2-1-3-15-29/h6-13,16,18H,1-5,14-15,17H2,(H,26,30)(H,27,28). The van der Waals surface area contributed by atoms with Gasteiger partial charge in [-0.25, -0.2) is 0 Å². The fourth-order valence-electron chi connectivity index (χ4n) is 4.07. The number of rotatable bonds is 6. The summed E-state index contributed by atoms with van der Waals surface area (Å²) in [4.78, 5) is 14.7. The topological polar surface area (TPSA) is 61.0 Å². The third-order valence-electron chi connectivity index (χ3n) is 6.17. The number of aromatic nitrogens is 2. The van der Waals surface area contributed by atoms with Crippen LogP contribution in [-0.4, -0.2) is 35.7 Å². The Bertz CT molecular complexity index is 996. The van der Waals surface area contributed by atoms with Crippen LogP contribution in [-0.2, 0) is 0 Å². The normalized spacial score (nSPS) is 16.5. The fourth-order valence-corrected chi connectivity index (χ4v) is 4.07. The van der Waals surface area contributed by atoms with Gasteiger partial charge in [-0.15, -0.1) is 0 Å². The molecule has 1 aliphatic heterocycles. The molecule has 2 aliphatic rings. The maximum atomic E-state index is 12.2. The van der Waals surface area contributed by atoms with E-state index in [1.165, 1.54) is 37.8 Å². The van der Waals surface area contributed by atoms with Crippen molar-refractivity contribution in [3.63, 3.8) is 0 Å². The molecule has 30 heavy (non-hydrogen) atoms. The Labute approximate surface area is 177 Å². The van der Waals surface area contributed by atoms with Crippen LogP contribution in [0.3, 0.4) is 0 Å². The van der Waals surface area contributed by atoms with Crippen molar-refractivity contribution in [2.45, 2.75) is 32.1 Å². The number of aromatic amines is 1. The van der Waals surface area contributed by atoms with Crippen LogP contribution in [0.15, 0.2) is 54.6 Å². The van der Waals surface area contributed by atoms with Gasteiger partial charge in [-0.2, -0.15) is 5.10 Å². The van der Waals surface area contributed by atoms with E-state index >= 15 is 0 Å². The second-order valence-corrected chi connectivity index (χ2v) is 8.49. The van der Waals surface area contributed by atoms with E-state index in [0.29, 0.717) is 11.5 Å². The number of carbonyl (C=O) groups excluding carboxylic acids is 1. The van der Waals surface area contributed by atoms with E-state index in [2.05, 4.69) is 50.7 Å². The Morgan fingerprint density at radius 1 is 0.967 bits per heavy atom. The monoisotopic (exact) mass is 400 g/mol. The summed E-state index contributed by atoms with van der Waals surface area (Å²) < 4.78 is 0. The number of nitrogens with one attached hydrogen (secondary N) is 2. The van der Waals surface area contributed by atoms with Gasteiger partial charge in [0.1, 0.15) is 0 Å². The highest BCUT2D eigenvalue weighted by molar-refractivity contribution is 5.94. The number of H-pyrrole nitrogens is 1. The molecule has 0 unspecified atom stereocenters. The molecule has 1 aliphatic carbocycles. The number of hydrogen-bond acceptors (Lipinski definition) is 3. The van der Waals surface area contributed by atoms with Crippen LogP contribution < -0.4 is 10.2 Å². The average Bonchev–Trinajstić information content (AvgIpc) is 3.52. The smallest absolute Gasteiger partial charge is 0.251 e. The van der Waals surface area contributed by atoms with Gasteiger partial charge in [0.2, 0.25) is 0 Å². The molecule has 2 aromatic carbocycles. The first-order chi connectivity index (χ1) is 14.8. The molecule has 1 saturated heterocycles. The minimum Gasteiger partial charge on any atom is -0.372 e. The number of piperidine rings is 1. The average molecular weight is 401 g/mol. The molecule has 5 heteroatoms. The van der Waals surface area contributed by atoms with Crippen molar-refractivity contribution >= 4 is 11.6 Å². The Balaban J connectivity index is 1.26. The van der Waals surface area contributed by atoms with Crippen LogP contribution in [0, 0.1) is 5.92 Å². The molecule has 2 fully saturated rings. The van der Waals surface area contributed by atoms with E-state index in [-0.39, 0.29) is 5.91 Å². The zero-order valence-corrected chi connectivity index (χ0v) is 17.2. The lowest BCUT2D eigenvalue weighted by molar-refractivity contribution is 0.0952. The van der Waals surface area contributed by atoms with Crippen LogP contribution in [0.4, 0.5) is 5.69 Å². The Morgan fingerprint density at radius 2 is 1.67 bits per heavy atom. The van der Waals surface area contributed by atoms with Gasteiger partial charge in [0, 0.05) is 36.4 Å². The molecule has 0 bridgehead atoms. The Morgan fingerprint density at radius 3 is 2.37 bits per heavy atom. The third-order valence-corrected chi connectivity index (χ3v) is 6.17. The fraction of sp³-hybridized carbons (Fsp3) is 0.360. The summed E-state index contributed by atoms with van der Waals surface area (Å²) in [6.07, 6.45) is 6.39. The van der Waals surface area contributed by atoms with Gasteiger partial charge < -0.3 is 10.2 Å². The lowest BCUT2D eigenvalue weighted by atomic mass is 10.1. The van der Waals surface area contributed by atoms with Crippen LogP contribution in [0.25, 0.3) is 22.5 Å². The molecular formula is C25H28N4O. The lowest BCUT2D eigenvalue weighted by Gasteiger charge is -2.28. The second kappa shape index (κ2) is 8.34. The number of amides is 1. The van der Waals surface area contributed by atoms with Gasteiger partial charge in [0.05, 0.1) is 11.4 Å². The van der Waals surface area contributed by atoms with Gasteiger partial charge in [-0.3, -0.25) is 9.89 Å². The number of carbonyl (C=O) groups is 1. The maximum Gasteiger partial charge on any atom is 0.251 e. The van der Waals surface area contributed by atoms with E-state index < -0.39 is 0 Å². The molecule has 0 spiro atoms. The van der Waals surface area contributed by atoms with E-state index in [0.717, 1.165) is 42.1 Å². The number of benzene rings is 2. The predicted octanol–water partition coefficient (Wildman–Crippen LogP) is 4.87. The highest BCUT2D eigenvalue weighted by Gasteiger charge is 2.21. The quantitative estimate of drug-likeness (QED) is 0.620. The molecule has 5 nitrogen and oxygen atoms in total. The first-order valence-electron chi connectivity index (χ1n) is 11.1. The highest BCUT2D eigenvalue weighted by atomic mass is 16.1. The summed E-state index contributed by atoms with van der Waals surface area (Å²) in [5, 5.41) is 10.6. The Kier molecular flexibility index (Phi) is 5.26. The van der Waals surface area contributed by atoms with E-state index in [1.807, 2.05) is 24.3 Å². The molecule has 5 rings (SSSR count). The van der Waals surface area contributed by atoms with Crippen LogP contribution in [0.5, 0.6) is 0 Å². The molecule has 1 saturated carbocycles. The third kappa shape index (κ3) is 4.25. The minimum absolute atomic E-state index is 0.00699. The summed E-state index contributed by atoms with van der Waals surface area (Å²) in [5.41, 5.74) is 6.01. The molecular weight excluding hydrogens is 372 g/mol. The second-order valence-electron chi connectivity index (χ2n) is 8.49. The first-order valence-corrected chi connectivity index (χ1v) is 11.1. The lowest BCUT2D eigenvalue weighted by Crippen LogP contribution is -2.29. The van der Waals surface area contributed by atoms with Gasteiger partial charge in [0.15, 0.2) is 0 Å². The van der Waals surface area contributed by atoms with E-state index in [4.69, 9.17) is 0 Å². The maximum absolute atomic E-state index is 12.2. The van der Waals surface area contributed by atoms with E-state index in [1.54, 1.807) is 0 Å². The van der Waals surface area contributed by atoms with Crippen LogP contribution in [0.1, 0.15) is 42.5 Å². The molecule has 0 atom stereocenters. The number of hydrogen-bond donors (Lipinski definition) is 2. The van der Waals surface area contributed by atoms with Crippen molar-refractivity contribution in [1.29, 1.82) is 0 Å². The molecule has 1 amide bonds. The Hall–Kier alpha value is -3.08. The number of nitrogens with zero attached hydrogens (tertiary/aromatic N) is 2. The van der Waals surface area contributed by atoms with Gasteiger partial charge in [-0.05, 0) is 73.9 Å². The predicted molar refractivity (Wildman–Crippen MR) is 121 cm³/mol. The van der Waals surface area contributed by atoms with Gasteiger partial charge in [-0.1, -0.05) is 24.3 Å².